The van der Waals surface area contributed by atoms with Crippen molar-refractivity contribution in [3.63, 3.8) is 0 Å². The van der Waals surface area contributed by atoms with Gasteiger partial charge in [0.05, 0.1) is 21.7 Å². The van der Waals surface area contributed by atoms with Crippen molar-refractivity contribution in [1.82, 2.24) is 20.4 Å². The van der Waals surface area contributed by atoms with Gasteiger partial charge in [-0.2, -0.15) is 5.26 Å². The third kappa shape index (κ3) is 7.36. The number of fused-ring (bicyclic) bond motifs is 1. The molecule has 0 bridgehead atoms. The first-order chi connectivity index (χ1) is 26.7. The summed E-state index contributed by atoms with van der Waals surface area (Å²) in [7, 11) is 0. The highest BCUT2D eigenvalue weighted by Gasteiger charge is 2.64. The fourth-order valence-electron chi connectivity index (χ4n) is 9.14. The molecule has 12 heteroatoms. The van der Waals surface area contributed by atoms with Gasteiger partial charge in [0.1, 0.15) is 24.0 Å². The van der Waals surface area contributed by atoms with Gasteiger partial charge in [0.2, 0.25) is 11.8 Å². The van der Waals surface area contributed by atoms with E-state index in [1.807, 2.05) is 30.3 Å². The van der Waals surface area contributed by atoms with E-state index in [1.54, 1.807) is 30.3 Å². The molecular weight excluding hydrogens is 730 g/mol. The van der Waals surface area contributed by atoms with Gasteiger partial charge in [-0.25, -0.2) is 0 Å². The standard InChI is InChI=1S/C44H46ClN5O6/c1-43(2)41(44(3,4)42(43)56-31-14-12-30(25-46)34(45)24-31)48-37(52)28-10-8-26(9-11-28)7-5-6-20-49-21-18-27(19-22-49)29-13-15-32-33(23-29)40(55)50(39(32)54)35-16-17-36(51)47-38(35)53/h8-15,18,23-24,35,41-42H,5-7,16-17,19-22H2,1-4H3,(H,48,52)(H,47,51,53)/t35?,41-,42-. The number of halogens is 1. The number of aryl methyl sites for hydroxylation is 1. The molecule has 1 saturated heterocycles. The summed E-state index contributed by atoms with van der Waals surface area (Å²) >= 11 is 6.23. The van der Waals surface area contributed by atoms with Crippen LogP contribution < -0.4 is 15.4 Å². The molecule has 3 heterocycles. The lowest BCUT2D eigenvalue weighted by molar-refractivity contribution is -0.164. The highest BCUT2D eigenvalue weighted by molar-refractivity contribution is 6.31. The number of nitrogens with one attached hydrogen (secondary N) is 2. The quantitative estimate of drug-likeness (QED) is 0.170. The molecule has 3 aromatic rings. The van der Waals surface area contributed by atoms with Crippen molar-refractivity contribution in [3.8, 4) is 11.8 Å². The fraction of sp³-hybridized carbons (Fsp3) is 0.409. The highest BCUT2D eigenvalue weighted by Crippen LogP contribution is 2.55. The number of hydrogen-bond donors (Lipinski definition) is 2. The van der Waals surface area contributed by atoms with E-state index in [2.05, 4.69) is 55.4 Å². The smallest absolute Gasteiger partial charge is 0.262 e. The minimum atomic E-state index is -0.977. The number of piperidine rings is 1. The average Bonchev–Trinajstić information content (AvgIpc) is 3.42. The van der Waals surface area contributed by atoms with Crippen LogP contribution in [0.1, 0.15) is 108 Å². The van der Waals surface area contributed by atoms with Gasteiger partial charge >= 0.3 is 0 Å². The molecule has 3 aliphatic heterocycles. The Morgan fingerprint density at radius 1 is 0.946 bits per heavy atom. The van der Waals surface area contributed by atoms with E-state index in [0.717, 1.165) is 61.4 Å². The molecule has 1 saturated carbocycles. The maximum Gasteiger partial charge on any atom is 0.262 e. The fourth-order valence-corrected chi connectivity index (χ4v) is 9.36. The molecule has 3 aromatic carbocycles. The Morgan fingerprint density at radius 3 is 2.34 bits per heavy atom. The number of imide groups is 2. The zero-order chi connectivity index (χ0) is 39.9. The molecule has 290 valence electrons. The van der Waals surface area contributed by atoms with Crippen LogP contribution in [0.5, 0.6) is 5.75 Å². The maximum atomic E-state index is 13.4. The molecule has 11 nitrogen and oxygen atoms in total. The van der Waals surface area contributed by atoms with Crippen molar-refractivity contribution in [2.75, 3.05) is 19.6 Å². The number of unbranched alkanes of at least 4 members (excludes halogenated alkanes) is 1. The molecule has 2 fully saturated rings. The van der Waals surface area contributed by atoms with Crippen LogP contribution in [0.15, 0.2) is 66.7 Å². The van der Waals surface area contributed by atoms with Gasteiger partial charge in [-0.05, 0) is 91.7 Å². The molecule has 56 heavy (non-hydrogen) atoms. The van der Waals surface area contributed by atoms with Gasteiger partial charge in [-0.15, -0.1) is 0 Å². The van der Waals surface area contributed by atoms with Crippen molar-refractivity contribution >= 4 is 46.7 Å². The van der Waals surface area contributed by atoms with Gasteiger partial charge in [-0.1, -0.05) is 63.6 Å². The van der Waals surface area contributed by atoms with Crippen molar-refractivity contribution in [3.05, 3.63) is 105 Å². The number of nitrogens with zero attached hydrogens (tertiary/aromatic N) is 3. The Bertz CT molecular complexity index is 2170. The van der Waals surface area contributed by atoms with Crippen LogP contribution in [0, 0.1) is 22.2 Å². The second-order valence-corrected chi connectivity index (χ2v) is 16.8. The molecule has 1 atom stereocenters. The maximum absolute atomic E-state index is 13.4. The van der Waals surface area contributed by atoms with Crippen molar-refractivity contribution in [1.29, 1.82) is 5.26 Å². The lowest BCUT2D eigenvalue weighted by atomic mass is 9.49. The third-order valence-electron chi connectivity index (χ3n) is 11.9. The number of carbonyl (C=O) groups excluding carboxylic acids is 5. The van der Waals surface area contributed by atoms with Crippen LogP contribution >= 0.6 is 11.6 Å². The van der Waals surface area contributed by atoms with Crippen LogP contribution in [-0.4, -0.2) is 77.2 Å². The Morgan fingerprint density at radius 2 is 1.68 bits per heavy atom. The van der Waals surface area contributed by atoms with Crippen LogP contribution in [0.2, 0.25) is 5.02 Å². The minimum Gasteiger partial charge on any atom is -0.489 e. The van der Waals surface area contributed by atoms with Crippen LogP contribution in [0.4, 0.5) is 0 Å². The first kappa shape index (κ1) is 38.9. The SMILES string of the molecule is CC1(C)[C@H](NC(=O)c2ccc(CCCCN3CC=C(c4ccc5c(c4)C(=O)N(C4CCC(=O)NC4=O)C5=O)CC3)cc2)C(C)(C)[C@H]1Oc1ccc(C#N)c(Cl)c1. The molecule has 7 rings (SSSR count). The summed E-state index contributed by atoms with van der Waals surface area (Å²) in [6.07, 6.45) is 5.99. The van der Waals surface area contributed by atoms with Gasteiger partial charge in [0.15, 0.2) is 0 Å². The van der Waals surface area contributed by atoms with Gasteiger partial charge in [0.25, 0.3) is 17.7 Å². The first-order valence-corrected chi connectivity index (χ1v) is 19.6. The van der Waals surface area contributed by atoms with Crippen molar-refractivity contribution in [2.45, 2.75) is 84.4 Å². The Labute approximate surface area is 332 Å². The summed E-state index contributed by atoms with van der Waals surface area (Å²) in [5, 5.41) is 15.0. The third-order valence-corrected chi connectivity index (χ3v) is 12.3. The zero-order valence-corrected chi connectivity index (χ0v) is 32.9. The number of nitriles is 1. The van der Waals surface area contributed by atoms with E-state index in [9.17, 15) is 29.2 Å². The Balaban J connectivity index is 0.859. The summed E-state index contributed by atoms with van der Waals surface area (Å²) < 4.78 is 6.36. The Kier molecular flexibility index (Phi) is 10.7. The second-order valence-electron chi connectivity index (χ2n) is 16.4. The van der Waals surface area contributed by atoms with Crippen LogP contribution in [0.25, 0.3) is 5.57 Å². The highest BCUT2D eigenvalue weighted by atomic mass is 35.5. The Hall–Kier alpha value is -5.31. The predicted molar refractivity (Wildman–Crippen MR) is 211 cm³/mol. The lowest BCUT2D eigenvalue weighted by Crippen LogP contribution is -2.74. The predicted octanol–water partition coefficient (Wildman–Crippen LogP) is 6.34. The summed E-state index contributed by atoms with van der Waals surface area (Å²) in [6, 6.07) is 19.2. The van der Waals surface area contributed by atoms with Crippen LogP contribution in [0.3, 0.4) is 0 Å². The van der Waals surface area contributed by atoms with Crippen molar-refractivity contribution in [2.24, 2.45) is 10.8 Å². The summed E-state index contributed by atoms with van der Waals surface area (Å²) in [6.45, 7) is 11.0. The van der Waals surface area contributed by atoms with E-state index in [-0.39, 0.29) is 47.3 Å². The largest absolute Gasteiger partial charge is 0.489 e. The van der Waals surface area contributed by atoms with Crippen LogP contribution in [-0.2, 0) is 16.0 Å². The normalized spacial score (nSPS) is 22.8. The van der Waals surface area contributed by atoms with Crippen molar-refractivity contribution < 1.29 is 28.7 Å². The zero-order valence-electron chi connectivity index (χ0n) is 32.1. The molecule has 1 unspecified atom stereocenters. The molecule has 2 N–H and O–H groups in total. The van der Waals surface area contributed by atoms with E-state index in [4.69, 9.17) is 16.3 Å². The molecule has 5 amide bonds. The number of benzene rings is 3. The molecule has 0 spiro atoms. The molecule has 4 aliphatic rings. The van der Waals surface area contributed by atoms with E-state index in [1.165, 1.54) is 5.56 Å². The first-order valence-electron chi connectivity index (χ1n) is 19.2. The number of hydrogen-bond acceptors (Lipinski definition) is 8. The molecular formula is C44H46ClN5O6. The summed E-state index contributed by atoms with van der Waals surface area (Å²) in [5.41, 5.74) is 4.11. The minimum absolute atomic E-state index is 0.0873. The molecule has 0 radical (unpaired) electrons. The number of rotatable bonds is 11. The van der Waals surface area contributed by atoms with E-state index in [0.29, 0.717) is 27.5 Å². The summed E-state index contributed by atoms with van der Waals surface area (Å²) in [4.78, 5) is 67.1. The molecule has 0 aromatic heterocycles. The summed E-state index contributed by atoms with van der Waals surface area (Å²) in [5.74, 6) is -1.52. The van der Waals surface area contributed by atoms with E-state index < -0.39 is 29.7 Å². The number of amides is 5. The van der Waals surface area contributed by atoms with E-state index >= 15 is 0 Å². The van der Waals surface area contributed by atoms with Gasteiger partial charge in [0, 0.05) is 48.0 Å². The van der Waals surface area contributed by atoms with Gasteiger partial charge < -0.3 is 10.1 Å². The number of ether oxygens (including phenoxy) is 1. The topological polar surface area (TPSA) is 149 Å². The lowest BCUT2D eigenvalue weighted by Gasteiger charge is -2.63. The average molecular weight is 776 g/mol. The van der Waals surface area contributed by atoms with Gasteiger partial charge in [-0.3, -0.25) is 39.1 Å². The monoisotopic (exact) mass is 775 g/mol. The number of carbonyl (C=O) groups is 5. The molecule has 1 aliphatic carbocycles. The second kappa shape index (κ2) is 15.3.